The van der Waals surface area contributed by atoms with Crippen LogP contribution in [0.15, 0.2) is 0 Å². The van der Waals surface area contributed by atoms with Crippen LogP contribution in [0.4, 0.5) is 0 Å². The number of nitrogens with one attached hydrogen (secondary N) is 1. The van der Waals surface area contributed by atoms with Crippen LogP contribution in [0.5, 0.6) is 0 Å². The Bertz CT molecular complexity index is 226. The van der Waals surface area contributed by atoms with Crippen LogP contribution in [-0.4, -0.2) is 48.7 Å². The quantitative estimate of drug-likeness (QED) is 0.616. The Balaban J connectivity index is 1.84. The van der Waals surface area contributed by atoms with Gasteiger partial charge >= 0.3 is 0 Å². The summed E-state index contributed by atoms with van der Waals surface area (Å²) < 4.78 is 0. The van der Waals surface area contributed by atoms with Crippen LogP contribution in [0, 0.1) is 17.8 Å². The Hall–Kier alpha value is -0.610. The highest BCUT2D eigenvalue weighted by molar-refractivity contribution is 5.80. The summed E-state index contributed by atoms with van der Waals surface area (Å²) >= 11 is 0. The van der Waals surface area contributed by atoms with Crippen molar-refractivity contribution in [1.82, 2.24) is 10.2 Å². The van der Waals surface area contributed by atoms with E-state index in [0.717, 1.165) is 26.2 Å². The largest absolute Gasteiger partial charge is 0.396 e. The molecular weight excluding hydrogens is 180 g/mol. The second-order valence-corrected chi connectivity index (χ2v) is 4.53. The molecule has 2 unspecified atom stereocenters. The molecule has 2 fully saturated rings. The van der Waals surface area contributed by atoms with E-state index in [9.17, 15) is 4.79 Å². The summed E-state index contributed by atoms with van der Waals surface area (Å²) in [6.45, 7) is 5.60. The maximum Gasteiger partial charge on any atom is 0.227 e. The zero-order chi connectivity index (χ0) is 10.1. The highest BCUT2D eigenvalue weighted by atomic mass is 16.3. The van der Waals surface area contributed by atoms with Crippen molar-refractivity contribution in [3.63, 3.8) is 0 Å². The summed E-state index contributed by atoms with van der Waals surface area (Å²) in [5.41, 5.74) is 0. The summed E-state index contributed by atoms with van der Waals surface area (Å²) in [7, 11) is 0. The molecule has 2 aliphatic heterocycles. The number of amides is 1. The minimum Gasteiger partial charge on any atom is -0.396 e. The van der Waals surface area contributed by atoms with E-state index in [4.69, 9.17) is 5.11 Å². The molecule has 4 nitrogen and oxygen atoms in total. The average Bonchev–Trinajstić information content (AvgIpc) is 2.49. The van der Waals surface area contributed by atoms with Gasteiger partial charge in [-0.25, -0.2) is 0 Å². The van der Waals surface area contributed by atoms with Crippen LogP contribution < -0.4 is 5.32 Å². The second-order valence-electron chi connectivity index (χ2n) is 4.53. The average molecular weight is 198 g/mol. The molecule has 0 bridgehead atoms. The van der Waals surface area contributed by atoms with Crippen LogP contribution in [0.25, 0.3) is 0 Å². The monoisotopic (exact) mass is 198 g/mol. The van der Waals surface area contributed by atoms with Gasteiger partial charge in [0.15, 0.2) is 0 Å². The van der Waals surface area contributed by atoms with Crippen molar-refractivity contribution in [2.75, 3.05) is 32.8 Å². The van der Waals surface area contributed by atoms with E-state index in [1.807, 2.05) is 4.90 Å². The minimum atomic E-state index is 0.162. The highest BCUT2D eigenvalue weighted by Gasteiger charge is 2.37. The number of aliphatic hydroxyl groups is 1. The van der Waals surface area contributed by atoms with Gasteiger partial charge in [0, 0.05) is 32.2 Å². The van der Waals surface area contributed by atoms with Crippen LogP contribution in [-0.2, 0) is 4.79 Å². The van der Waals surface area contributed by atoms with E-state index >= 15 is 0 Å². The third kappa shape index (κ3) is 1.64. The standard InChI is InChI=1S/C10H18N2O2/c1-7-2-11-3-9(7)10(14)12-4-8(5-12)6-13/h7-9,11,13H,2-6H2,1H3. The molecule has 80 valence electrons. The highest BCUT2D eigenvalue weighted by Crippen LogP contribution is 2.23. The van der Waals surface area contributed by atoms with E-state index in [2.05, 4.69) is 12.2 Å². The Kier molecular flexibility index (Phi) is 2.74. The number of hydrogen-bond acceptors (Lipinski definition) is 3. The van der Waals surface area contributed by atoms with Gasteiger partial charge in [-0.2, -0.15) is 0 Å². The van der Waals surface area contributed by atoms with Gasteiger partial charge in [-0.15, -0.1) is 0 Å². The van der Waals surface area contributed by atoms with Gasteiger partial charge in [-0.1, -0.05) is 6.92 Å². The Morgan fingerprint density at radius 1 is 1.50 bits per heavy atom. The molecule has 0 aromatic heterocycles. The number of carbonyl (C=O) groups is 1. The van der Waals surface area contributed by atoms with Gasteiger partial charge in [-0.3, -0.25) is 4.79 Å². The third-order valence-corrected chi connectivity index (χ3v) is 3.36. The molecule has 2 saturated heterocycles. The molecular formula is C10H18N2O2. The van der Waals surface area contributed by atoms with E-state index in [-0.39, 0.29) is 18.4 Å². The summed E-state index contributed by atoms with van der Waals surface area (Å²) in [6.07, 6.45) is 0. The topological polar surface area (TPSA) is 52.6 Å². The van der Waals surface area contributed by atoms with Gasteiger partial charge in [0.25, 0.3) is 0 Å². The third-order valence-electron chi connectivity index (χ3n) is 3.36. The predicted octanol–water partition coefficient (Wildman–Crippen LogP) is -0.707. The second kappa shape index (κ2) is 3.87. The lowest BCUT2D eigenvalue weighted by Gasteiger charge is -2.40. The number of aliphatic hydroxyl groups excluding tert-OH is 1. The summed E-state index contributed by atoms with van der Waals surface area (Å²) in [5, 5.41) is 12.1. The molecule has 2 N–H and O–H groups in total. The zero-order valence-corrected chi connectivity index (χ0v) is 8.57. The smallest absolute Gasteiger partial charge is 0.227 e. The molecule has 0 aromatic rings. The van der Waals surface area contributed by atoms with E-state index in [0.29, 0.717) is 11.8 Å². The first-order chi connectivity index (χ1) is 6.72. The van der Waals surface area contributed by atoms with Crippen molar-refractivity contribution < 1.29 is 9.90 Å². The van der Waals surface area contributed by atoms with Crippen LogP contribution >= 0.6 is 0 Å². The van der Waals surface area contributed by atoms with Crippen LogP contribution in [0.1, 0.15) is 6.92 Å². The van der Waals surface area contributed by atoms with Crippen molar-refractivity contribution in [2.45, 2.75) is 6.92 Å². The fraction of sp³-hybridized carbons (Fsp3) is 0.900. The van der Waals surface area contributed by atoms with Crippen LogP contribution in [0.2, 0.25) is 0 Å². The maximum atomic E-state index is 11.9. The Labute approximate surface area is 84.3 Å². The summed E-state index contributed by atoms with van der Waals surface area (Å²) in [6, 6.07) is 0. The number of rotatable bonds is 2. The van der Waals surface area contributed by atoms with Crippen molar-refractivity contribution in [3.05, 3.63) is 0 Å². The first-order valence-corrected chi connectivity index (χ1v) is 5.32. The van der Waals surface area contributed by atoms with Crippen molar-refractivity contribution in [1.29, 1.82) is 0 Å². The molecule has 14 heavy (non-hydrogen) atoms. The lowest BCUT2D eigenvalue weighted by atomic mass is 9.93. The molecule has 1 amide bonds. The van der Waals surface area contributed by atoms with E-state index in [1.165, 1.54) is 0 Å². The molecule has 0 aromatic carbocycles. The fourth-order valence-corrected chi connectivity index (χ4v) is 2.24. The number of carbonyl (C=O) groups excluding carboxylic acids is 1. The fourth-order valence-electron chi connectivity index (χ4n) is 2.24. The lowest BCUT2D eigenvalue weighted by molar-refractivity contribution is -0.143. The molecule has 0 radical (unpaired) electrons. The van der Waals surface area contributed by atoms with Gasteiger partial charge in [0.05, 0.1) is 5.92 Å². The van der Waals surface area contributed by atoms with Gasteiger partial charge in [-0.05, 0) is 12.5 Å². The van der Waals surface area contributed by atoms with Gasteiger partial charge in [0.2, 0.25) is 5.91 Å². The molecule has 4 heteroatoms. The molecule has 2 heterocycles. The lowest BCUT2D eigenvalue weighted by Crippen LogP contribution is -2.54. The Morgan fingerprint density at radius 3 is 2.71 bits per heavy atom. The van der Waals surface area contributed by atoms with E-state index < -0.39 is 0 Å². The minimum absolute atomic E-state index is 0.162. The predicted molar refractivity (Wildman–Crippen MR) is 52.7 cm³/mol. The first-order valence-electron chi connectivity index (χ1n) is 5.32. The Morgan fingerprint density at radius 2 is 2.21 bits per heavy atom. The molecule has 2 aliphatic rings. The molecule has 2 atom stereocenters. The van der Waals surface area contributed by atoms with Crippen molar-refractivity contribution in [2.24, 2.45) is 17.8 Å². The maximum absolute atomic E-state index is 11.9. The number of hydrogen-bond donors (Lipinski definition) is 2. The number of likely N-dealkylation sites (tertiary alicyclic amines) is 1. The first kappa shape index (κ1) is 9.93. The van der Waals surface area contributed by atoms with Gasteiger partial charge < -0.3 is 15.3 Å². The van der Waals surface area contributed by atoms with Crippen molar-refractivity contribution in [3.8, 4) is 0 Å². The van der Waals surface area contributed by atoms with Gasteiger partial charge in [0.1, 0.15) is 0 Å². The zero-order valence-electron chi connectivity index (χ0n) is 8.57. The molecule has 0 spiro atoms. The summed E-state index contributed by atoms with van der Waals surface area (Å²) in [5.74, 6) is 1.21. The molecule has 0 saturated carbocycles. The van der Waals surface area contributed by atoms with E-state index in [1.54, 1.807) is 0 Å². The van der Waals surface area contributed by atoms with Crippen molar-refractivity contribution >= 4 is 5.91 Å². The van der Waals surface area contributed by atoms with Crippen LogP contribution in [0.3, 0.4) is 0 Å². The normalized spacial score (nSPS) is 33.1. The number of nitrogens with zero attached hydrogens (tertiary/aromatic N) is 1. The summed E-state index contributed by atoms with van der Waals surface area (Å²) in [4.78, 5) is 13.8. The molecule has 2 rings (SSSR count). The molecule has 0 aliphatic carbocycles. The SMILES string of the molecule is CC1CNCC1C(=O)N1CC(CO)C1.